The smallest absolute Gasteiger partial charge is 0.150 e. The van der Waals surface area contributed by atoms with Crippen molar-refractivity contribution >= 4 is 22.2 Å². The molecule has 0 fully saturated rings. The van der Waals surface area contributed by atoms with Crippen LogP contribution in [0.1, 0.15) is 21.5 Å². The van der Waals surface area contributed by atoms with Crippen LogP contribution in [-0.2, 0) is 6.61 Å². The number of carbonyl (C=O) groups is 1. The lowest BCUT2D eigenvalue weighted by molar-refractivity contribution is 0.112. The largest absolute Gasteiger partial charge is 0.488 e. The molecule has 0 atom stereocenters. The minimum atomic E-state index is 0.520. The standard InChI is InChI=1S/C15H13BrO2/c1-11-4-2-3-5-13(11)10-18-15-7-6-12(9-17)8-14(15)16/h2-9H,10H2,1H3. The van der Waals surface area contributed by atoms with Crippen molar-refractivity contribution in [3.63, 3.8) is 0 Å². The Hall–Kier alpha value is -1.61. The second-order valence-electron chi connectivity index (χ2n) is 4.02. The summed E-state index contributed by atoms with van der Waals surface area (Å²) in [6, 6.07) is 13.4. The number of aryl methyl sites for hydroxylation is 1. The fraction of sp³-hybridized carbons (Fsp3) is 0.133. The maximum atomic E-state index is 10.6. The lowest BCUT2D eigenvalue weighted by atomic mass is 10.1. The van der Waals surface area contributed by atoms with Gasteiger partial charge in [-0.15, -0.1) is 0 Å². The van der Waals surface area contributed by atoms with Crippen LogP contribution in [0.5, 0.6) is 5.75 Å². The van der Waals surface area contributed by atoms with Crippen LogP contribution in [0.4, 0.5) is 0 Å². The fourth-order valence-corrected chi connectivity index (χ4v) is 2.15. The third kappa shape index (κ3) is 2.99. The molecule has 0 N–H and O–H groups in total. The number of benzene rings is 2. The highest BCUT2D eigenvalue weighted by atomic mass is 79.9. The number of halogens is 1. The second-order valence-corrected chi connectivity index (χ2v) is 4.88. The zero-order valence-corrected chi connectivity index (χ0v) is 11.6. The topological polar surface area (TPSA) is 26.3 Å². The van der Waals surface area contributed by atoms with Gasteiger partial charge in [-0.1, -0.05) is 24.3 Å². The molecule has 0 spiro atoms. The summed E-state index contributed by atoms with van der Waals surface area (Å²) in [4.78, 5) is 10.6. The van der Waals surface area contributed by atoms with Crippen LogP contribution < -0.4 is 4.74 Å². The highest BCUT2D eigenvalue weighted by molar-refractivity contribution is 9.10. The SMILES string of the molecule is Cc1ccccc1COc1ccc(C=O)cc1Br. The van der Waals surface area contributed by atoms with Crippen molar-refractivity contribution in [3.05, 3.63) is 63.6 Å². The second kappa shape index (κ2) is 5.83. The quantitative estimate of drug-likeness (QED) is 0.793. The van der Waals surface area contributed by atoms with Crippen LogP contribution in [0, 0.1) is 6.92 Å². The van der Waals surface area contributed by atoms with Crippen LogP contribution in [-0.4, -0.2) is 6.29 Å². The Labute approximate surface area is 115 Å². The van der Waals surface area contributed by atoms with Gasteiger partial charge in [-0.2, -0.15) is 0 Å². The van der Waals surface area contributed by atoms with Crippen molar-refractivity contribution in [1.82, 2.24) is 0 Å². The molecule has 0 aliphatic heterocycles. The van der Waals surface area contributed by atoms with Crippen molar-refractivity contribution in [2.75, 3.05) is 0 Å². The molecule has 0 radical (unpaired) electrons. The molecule has 2 rings (SSSR count). The molecule has 3 heteroatoms. The Morgan fingerprint density at radius 2 is 2.00 bits per heavy atom. The third-order valence-electron chi connectivity index (χ3n) is 2.74. The van der Waals surface area contributed by atoms with Gasteiger partial charge in [0.15, 0.2) is 0 Å². The van der Waals surface area contributed by atoms with E-state index >= 15 is 0 Å². The minimum Gasteiger partial charge on any atom is -0.488 e. The van der Waals surface area contributed by atoms with E-state index in [2.05, 4.69) is 28.9 Å². The van der Waals surface area contributed by atoms with Gasteiger partial charge in [0.25, 0.3) is 0 Å². The van der Waals surface area contributed by atoms with Gasteiger partial charge in [-0.25, -0.2) is 0 Å². The van der Waals surface area contributed by atoms with Gasteiger partial charge in [-0.05, 0) is 52.2 Å². The molecule has 2 nitrogen and oxygen atoms in total. The molecule has 2 aromatic rings. The summed E-state index contributed by atoms with van der Waals surface area (Å²) < 4.78 is 6.53. The van der Waals surface area contributed by atoms with E-state index in [1.165, 1.54) is 5.56 Å². The molecule has 0 unspecified atom stereocenters. The van der Waals surface area contributed by atoms with E-state index in [0.717, 1.165) is 22.1 Å². The monoisotopic (exact) mass is 304 g/mol. The molecule has 18 heavy (non-hydrogen) atoms. The van der Waals surface area contributed by atoms with Gasteiger partial charge in [0, 0.05) is 5.56 Å². The number of carbonyl (C=O) groups excluding carboxylic acids is 1. The highest BCUT2D eigenvalue weighted by Gasteiger charge is 2.04. The Morgan fingerprint density at radius 3 is 2.67 bits per heavy atom. The molecule has 0 aliphatic carbocycles. The first-order chi connectivity index (χ1) is 8.70. The van der Waals surface area contributed by atoms with Crippen LogP contribution in [0.15, 0.2) is 46.9 Å². The Morgan fingerprint density at radius 1 is 1.22 bits per heavy atom. The molecular weight excluding hydrogens is 292 g/mol. The van der Waals surface area contributed by atoms with Crippen molar-refractivity contribution in [2.24, 2.45) is 0 Å². The molecular formula is C15H13BrO2. The van der Waals surface area contributed by atoms with E-state index < -0.39 is 0 Å². The summed E-state index contributed by atoms with van der Waals surface area (Å²) >= 11 is 3.40. The van der Waals surface area contributed by atoms with Crippen LogP contribution in [0.25, 0.3) is 0 Å². The lowest BCUT2D eigenvalue weighted by Gasteiger charge is -2.10. The fourth-order valence-electron chi connectivity index (χ4n) is 1.63. The number of hydrogen-bond donors (Lipinski definition) is 0. The van der Waals surface area contributed by atoms with Gasteiger partial charge in [0.2, 0.25) is 0 Å². The van der Waals surface area contributed by atoms with Gasteiger partial charge in [0.1, 0.15) is 18.6 Å². The highest BCUT2D eigenvalue weighted by Crippen LogP contribution is 2.26. The molecule has 92 valence electrons. The lowest BCUT2D eigenvalue weighted by Crippen LogP contribution is -1.98. The predicted octanol–water partition coefficient (Wildman–Crippen LogP) is 4.15. The summed E-state index contributed by atoms with van der Waals surface area (Å²) in [7, 11) is 0. The molecule has 0 bridgehead atoms. The molecule has 0 aromatic heterocycles. The van der Waals surface area contributed by atoms with E-state index in [1.54, 1.807) is 18.2 Å². The van der Waals surface area contributed by atoms with Gasteiger partial charge in [0.05, 0.1) is 4.47 Å². The third-order valence-corrected chi connectivity index (χ3v) is 3.36. The Kier molecular flexibility index (Phi) is 4.15. The molecule has 0 aliphatic rings. The maximum absolute atomic E-state index is 10.6. The summed E-state index contributed by atoms with van der Waals surface area (Å²) in [5.74, 6) is 0.740. The molecule has 0 heterocycles. The average Bonchev–Trinajstić information content (AvgIpc) is 2.39. The van der Waals surface area contributed by atoms with Gasteiger partial charge < -0.3 is 4.74 Å². The zero-order valence-electron chi connectivity index (χ0n) is 10.0. The zero-order chi connectivity index (χ0) is 13.0. The summed E-state index contributed by atoms with van der Waals surface area (Å²) in [5, 5.41) is 0. The van der Waals surface area contributed by atoms with Crippen molar-refractivity contribution in [3.8, 4) is 5.75 Å². The molecule has 0 saturated heterocycles. The number of rotatable bonds is 4. The number of aldehydes is 1. The van der Waals surface area contributed by atoms with E-state index in [1.807, 2.05) is 18.2 Å². The first-order valence-electron chi connectivity index (χ1n) is 5.63. The van der Waals surface area contributed by atoms with Crippen LogP contribution in [0.3, 0.4) is 0 Å². The van der Waals surface area contributed by atoms with Gasteiger partial charge >= 0.3 is 0 Å². The van der Waals surface area contributed by atoms with Crippen molar-refractivity contribution < 1.29 is 9.53 Å². The van der Waals surface area contributed by atoms with Crippen molar-refractivity contribution in [2.45, 2.75) is 13.5 Å². The molecule has 2 aromatic carbocycles. The Bertz CT molecular complexity index is 564. The number of ether oxygens (including phenoxy) is 1. The van der Waals surface area contributed by atoms with Crippen LogP contribution >= 0.6 is 15.9 Å². The predicted molar refractivity (Wildman–Crippen MR) is 75.0 cm³/mol. The van der Waals surface area contributed by atoms with Crippen molar-refractivity contribution in [1.29, 1.82) is 0 Å². The van der Waals surface area contributed by atoms with E-state index in [-0.39, 0.29) is 0 Å². The first kappa shape index (κ1) is 12.8. The number of hydrogen-bond acceptors (Lipinski definition) is 2. The van der Waals surface area contributed by atoms with Crippen LogP contribution in [0.2, 0.25) is 0 Å². The maximum Gasteiger partial charge on any atom is 0.150 e. The van der Waals surface area contributed by atoms with E-state index in [0.29, 0.717) is 12.2 Å². The Balaban J connectivity index is 2.11. The normalized spacial score (nSPS) is 10.1. The first-order valence-corrected chi connectivity index (χ1v) is 6.42. The van der Waals surface area contributed by atoms with E-state index in [9.17, 15) is 4.79 Å². The summed E-state index contributed by atoms with van der Waals surface area (Å²) in [5.41, 5.74) is 2.99. The summed E-state index contributed by atoms with van der Waals surface area (Å²) in [6.45, 7) is 2.58. The minimum absolute atomic E-state index is 0.520. The average molecular weight is 305 g/mol. The molecule has 0 amide bonds. The molecule has 0 saturated carbocycles. The van der Waals surface area contributed by atoms with Gasteiger partial charge in [-0.3, -0.25) is 4.79 Å². The summed E-state index contributed by atoms with van der Waals surface area (Å²) in [6.07, 6.45) is 0.815. The van der Waals surface area contributed by atoms with E-state index in [4.69, 9.17) is 4.74 Å².